The fraction of sp³-hybridized carbons (Fsp3) is 0.257. The van der Waals surface area contributed by atoms with Crippen LogP contribution in [0.4, 0.5) is 20.3 Å². The van der Waals surface area contributed by atoms with Crippen molar-refractivity contribution < 1.29 is 27.8 Å². The summed E-state index contributed by atoms with van der Waals surface area (Å²) in [5, 5.41) is 5.76. The molecule has 0 radical (unpaired) electrons. The van der Waals surface area contributed by atoms with Crippen molar-refractivity contribution in [1.82, 2.24) is 19.9 Å². The van der Waals surface area contributed by atoms with Crippen molar-refractivity contribution in [1.29, 1.82) is 0 Å². The van der Waals surface area contributed by atoms with Gasteiger partial charge in [0, 0.05) is 54.4 Å². The number of amides is 1. The van der Waals surface area contributed by atoms with E-state index in [2.05, 4.69) is 26.8 Å². The minimum Gasteiger partial charge on any atom is -0.493 e. The molecule has 1 fully saturated rings. The minimum atomic E-state index is -0.565. The second-order valence-corrected chi connectivity index (χ2v) is 11.9. The van der Waals surface area contributed by atoms with E-state index in [1.54, 1.807) is 48.6 Å². The van der Waals surface area contributed by atoms with Crippen molar-refractivity contribution in [2.24, 2.45) is 0 Å². The lowest BCUT2D eigenvalue weighted by Gasteiger charge is -2.31. The third kappa shape index (κ3) is 7.33. The number of carbonyl (C=O) groups is 1. The second-order valence-electron chi connectivity index (χ2n) is 11.1. The molecule has 0 spiro atoms. The molecule has 0 saturated carbocycles. The number of piperidine rings is 1. The number of carbonyl (C=O) groups excluding carboxylic acids is 1. The van der Waals surface area contributed by atoms with E-state index in [-0.39, 0.29) is 29.3 Å². The summed E-state index contributed by atoms with van der Waals surface area (Å²) in [7, 11) is 1.55. The molecular formula is C35H33F2N5O4S. The van der Waals surface area contributed by atoms with Crippen molar-refractivity contribution in [3.8, 4) is 22.4 Å². The van der Waals surface area contributed by atoms with Crippen LogP contribution in [-0.4, -0.2) is 52.1 Å². The van der Waals surface area contributed by atoms with Crippen LogP contribution >= 0.6 is 11.3 Å². The molecule has 9 nitrogen and oxygen atoms in total. The quantitative estimate of drug-likeness (QED) is 0.180. The number of thiazole rings is 1. The first-order valence-electron chi connectivity index (χ1n) is 15.2. The molecule has 47 heavy (non-hydrogen) atoms. The minimum absolute atomic E-state index is 0.0923. The molecule has 1 N–H and O–H groups in total. The van der Waals surface area contributed by atoms with E-state index in [9.17, 15) is 9.18 Å². The van der Waals surface area contributed by atoms with Gasteiger partial charge in [0.25, 0.3) is 5.19 Å². The SMILES string of the molecule is C=CC(=O)N1CCC(Oc2cc3c(Nc4ccc(Oc5nc(C6=C/C(F)=C(/C)CC/C=C\6)cs5)cc4F)ncnc3cc2OC)CC1. The highest BCUT2D eigenvalue weighted by Crippen LogP contribution is 2.37. The largest absolute Gasteiger partial charge is 0.493 e. The standard InChI is InChI=1S/C35H33F2N5O4S/c1-4-33(43)42-13-11-23(12-14-42)45-32-17-25-29(18-31(32)44-3)38-20-39-34(25)40-28-10-9-24(16-27(28)37)46-35-41-30(19-47-35)22-8-6-5-7-21(2)26(36)15-22/h4,6,8-10,15-20,23H,1,5,7,11-14H2,2-3H3,(H,38,39,40)/b8-6-,22-15+,26-21+. The summed E-state index contributed by atoms with van der Waals surface area (Å²) in [5.74, 6) is 0.718. The van der Waals surface area contributed by atoms with E-state index < -0.39 is 5.82 Å². The number of rotatable bonds is 9. The number of nitrogens with zero attached hydrogens (tertiary/aromatic N) is 4. The van der Waals surface area contributed by atoms with Crippen molar-refractivity contribution >= 4 is 45.2 Å². The topological polar surface area (TPSA) is 98.7 Å². The van der Waals surface area contributed by atoms with Crippen LogP contribution in [0.5, 0.6) is 22.4 Å². The summed E-state index contributed by atoms with van der Waals surface area (Å²) in [5.41, 5.74) is 2.68. The summed E-state index contributed by atoms with van der Waals surface area (Å²) in [6.45, 7) is 6.47. The highest BCUT2D eigenvalue weighted by atomic mass is 32.1. The number of halogens is 2. The van der Waals surface area contributed by atoms with Crippen LogP contribution in [0.1, 0.15) is 38.3 Å². The molecule has 2 aromatic carbocycles. The molecule has 242 valence electrons. The molecule has 1 saturated heterocycles. The average Bonchev–Trinajstić information content (AvgIpc) is 3.54. The molecule has 0 bridgehead atoms. The van der Waals surface area contributed by atoms with Gasteiger partial charge in [0.15, 0.2) is 11.5 Å². The first-order valence-corrected chi connectivity index (χ1v) is 16.0. The molecule has 0 atom stereocenters. The normalized spacial score (nSPS) is 18.9. The maximum absolute atomic E-state index is 15.4. The molecule has 1 aliphatic heterocycles. The molecule has 2 aromatic heterocycles. The number of benzene rings is 2. The van der Waals surface area contributed by atoms with Gasteiger partial charge in [0.05, 0.1) is 24.0 Å². The van der Waals surface area contributed by atoms with Gasteiger partial charge in [-0.05, 0) is 55.7 Å². The highest BCUT2D eigenvalue weighted by molar-refractivity contribution is 7.11. The number of aromatic nitrogens is 3. The summed E-state index contributed by atoms with van der Waals surface area (Å²) in [6, 6.07) is 7.95. The van der Waals surface area contributed by atoms with Crippen LogP contribution in [0.2, 0.25) is 0 Å². The lowest BCUT2D eigenvalue weighted by Crippen LogP contribution is -2.41. The Bertz CT molecular complexity index is 1910. The van der Waals surface area contributed by atoms with Gasteiger partial charge in [-0.15, -0.1) is 0 Å². The van der Waals surface area contributed by atoms with Gasteiger partial charge in [0.1, 0.15) is 35.6 Å². The van der Waals surface area contributed by atoms with Crippen molar-refractivity contribution in [2.45, 2.75) is 38.7 Å². The van der Waals surface area contributed by atoms with Crippen molar-refractivity contribution in [3.63, 3.8) is 0 Å². The summed E-state index contributed by atoms with van der Waals surface area (Å²) in [4.78, 5) is 26.9. The molecule has 2 aliphatic rings. The van der Waals surface area contributed by atoms with Gasteiger partial charge >= 0.3 is 0 Å². The predicted octanol–water partition coefficient (Wildman–Crippen LogP) is 8.30. The zero-order valence-electron chi connectivity index (χ0n) is 26.0. The number of allylic oxidation sites excluding steroid dienone is 6. The summed E-state index contributed by atoms with van der Waals surface area (Å²) in [6.07, 6.45) is 10.6. The first kappa shape index (κ1) is 31.9. The summed E-state index contributed by atoms with van der Waals surface area (Å²) >= 11 is 1.24. The van der Waals surface area contributed by atoms with Crippen LogP contribution in [-0.2, 0) is 4.79 Å². The molecular weight excluding hydrogens is 624 g/mol. The van der Waals surface area contributed by atoms with Gasteiger partial charge < -0.3 is 24.4 Å². The average molecular weight is 658 g/mol. The maximum atomic E-state index is 15.4. The summed E-state index contributed by atoms with van der Waals surface area (Å²) < 4.78 is 47.6. The Morgan fingerprint density at radius 3 is 2.74 bits per heavy atom. The number of hydrogen-bond donors (Lipinski definition) is 1. The van der Waals surface area contributed by atoms with Gasteiger partial charge in [-0.1, -0.05) is 30.1 Å². The van der Waals surface area contributed by atoms with E-state index in [4.69, 9.17) is 14.2 Å². The number of ether oxygens (including phenoxy) is 3. The van der Waals surface area contributed by atoms with Gasteiger partial charge in [-0.3, -0.25) is 4.79 Å². The Morgan fingerprint density at radius 2 is 1.98 bits per heavy atom. The number of likely N-dealkylation sites (tertiary alicyclic amines) is 1. The van der Waals surface area contributed by atoms with Crippen molar-refractivity contribution in [3.05, 3.63) is 95.8 Å². The highest BCUT2D eigenvalue weighted by Gasteiger charge is 2.24. The van der Waals surface area contributed by atoms with Crippen LogP contribution in [0.15, 0.2) is 84.3 Å². The van der Waals surface area contributed by atoms with Crippen molar-refractivity contribution in [2.75, 3.05) is 25.5 Å². The van der Waals surface area contributed by atoms with E-state index in [1.807, 2.05) is 12.2 Å². The van der Waals surface area contributed by atoms with Crippen LogP contribution < -0.4 is 19.5 Å². The Kier molecular flexibility index (Phi) is 9.58. The lowest BCUT2D eigenvalue weighted by molar-refractivity contribution is -0.127. The molecule has 3 heterocycles. The fourth-order valence-electron chi connectivity index (χ4n) is 5.34. The number of anilines is 2. The Hall–Kier alpha value is -5.10. The molecule has 12 heteroatoms. The third-order valence-electron chi connectivity index (χ3n) is 7.99. The lowest BCUT2D eigenvalue weighted by atomic mass is 10.0. The van der Waals surface area contributed by atoms with E-state index in [0.717, 1.165) is 6.42 Å². The monoisotopic (exact) mass is 657 g/mol. The molecule has 1 amide bonds. The van der Waals surface area contributed by atoms with Gasteiger partial charge in [-0.25, -0.2) is 23.7 Å². The van der Waals surface area contributed by atoms with Gasteiger partial charge in [0.2, 0.25) is 5.91 Å². The fourth-order valence-corrected chi connectivity index (χ4v) is 6.04. The number of nitrogens with one attached hydrogen (secondary N) is 1. The smallest absolute Gasteiger partial charge is 0.279 e. The first-order chi connectivity index (χ1) is 22.8. The molecule has 4 aromatic rings. The zero-order valence-corrected chi connectivity index (χ0v) is 26.8. The zero-order chi connectivity index (χ0) is 32.9. The van der Waals surface area contributed by atoms with E-state index >= 15 is 4.39 Å². The number of fused-ring (bicyclic) bond motifs is 1. The van der Waals surface area contributed by atoms with E-state index in [1.165, 1.54) is 35.9 Å². The second kappa shape index (κ2) is 14.1. The number of methoxy groups -OCH3 is 1. The van der Waals surface area contributed by atoms with Crippen LogP contribution in [0.3, 0.4) is 0 Å². The van der Waals surface area contributed by atoms with Crippen LogP contribution in [0.25, 0.3) is 16.5 Å². The third-order valence-corrected chi connectivity index (χ3v) is 8.71. The van der Waals surface area contributed by atoms with Gasteiger partial charge in [-0.2, -0.15) is 0 Å². The molecule has 0 unspecified atom stereocenters. The Morgan fingerprint density at radius 1 is 1.15 bits per heavy atom. The maximum Gasteiger partial charge on any atom is 0.279 e. The van der Waals surface area contributed by atoms with E-state index in [0.29, 0.717) is 82.6 Å². The Balaban J connectivity index is 1.18. The molecule has 1 aliphatic carbocycles. The molecule has 6 rings (SSSR count). The predicted molar refractivity (Wildman–Crippen MR) is 179 cm³/mol. The number of hydrogen-bond acceptors (Lipinski definition) is 9. The Labute approximate surface area is 274 Å². The van der Waals surface area contributed by atoms with Crippen LogP contribution in [0, 0.1) is 5.82 Å².